The zero-order valence-electron chi connectivity index (χ0n) is 16.5. The number of carboxylic acids is 2. The molecule has 2 rings (SSSR count). The first-order chi connectivity index (χ1) is 15.2. The minimum Gasteiger partial charge on any atom is -0.480 e. The summed E-state index contributed by atoms with van der Waals surface area (Å²) in [4.78, 5) is 42.6. The van der Waals surface area contributed by atoms with E-state index in [4.69, 9.17) is 26.2 Å². The molecule has 0 saturated carbocycles. The first kappa shape index (κ1) is 26.8. The van der Waals surface area contributed by atoms with Gasteiger partial charge in [-0.05, 0) is 24.3 Å². The summed E-state index contributed by atoms with van der Waals surface area (Å²) in [5, 5.41) is 32.4. The summed E-state index contributed by atoms with van der Waals surface area (Å²) in [5.74, 6) is -2.72. The number of non-ortho nitro benzene ring substituents is 1. The largest absolute Gasteiger partial charge is 0.480 e. The average Bonchev–Trinajstić information content (AvgIpc) is 2.71. The van der Waals surface area contributed by atoms with Crippen LogP contribution >= 0.6 is 0 Å². The molecule has 15 nitrogen and oxygen atoms in total. The average molecular weight is 485 g/mol. The molecule has 0 aliphatic carbocycles. The molecule has 16 heteroatoms. The SMILES string of the molecule is N[C@@H](CNC(=O)Nc1cc(C(=O)O)cc([N+](=O)[O-])c1)C(=O)O.Nc1cccc(S(=O)(=O)O)c1. The van der Waals surface area contributed by atoms with Gasteiger partial charge in [0.1, 0.15) is 6.04 Å². The maximum Gasteiger partial charge on any atom is 0.336 e. The fourth-order valence-electron chi connectivity index (χ4n) is 2.05. The van der Waals surface area contributed by atoms with Crippen molar-refractivity contribution >= 4 is 45.2 Å². The monoisotopic (exact) mass is 485 g/mol. The first-order valence-electron chi connectivity index (χ1n) is 8.59. The highest BCUT2D eigenvalue weighted by Gasteiger charge is 2.16. The predicted molar refractivity (Wildman–Crippen MR) is 113 cm³/mol. The number of nitro benzene ring substituents is 1. The van der Waals surface area contributed by atoms with Gasteiger partial charge in [0.05, 0.1) is 21.1 Å². The highest BCUT2D eigenvalue weighted by molar-refractivity contribution is 7.85. The Hall–Kier alpha value is -4.28. The molecule has 0 aromatic heterocycles. The van der Waals surface area contributed by atoms with Crippen molar-refractivity contribution in [3.05, 3.63) is 58.1 Å². The van der Waals surface area contributed by atoms with Crippen LogP contribution in [0.25, 0.3) is 0 Å². The zero-order valence-corrected chi connectivity index (χ0v) is 17.4. The van der Waals surface area contributed by atoms with Crippen molar-refractivity contribution in [3.63, 3.8) is 0 Å². The third-order valence-corrected chi connectivity index (χ3v) is 4.44. The number of carbonyl (C=O) groups excluding carboxylic acids is 1. The summed E-state index contributed by atoms with van der Waals surface area (Å²) in [6.07, 6.45) is 0. The van der Waals surface area contributed by atoms with Crippen LogP contribution in [0.4, 0.5) is 21.9 Å². The molecule has 0 radical (unpaired) electrons. The van der Waals surface area contributed by atoms with Crippen molar-refractivity contribution in [1.82, 2.24) is 5.32 Å². The Morgan fingerprint density at radius 1 is 1.12 bits per heavy atom. The fraction of sp³-hybridized carbons (Fsp3) is 0.118. The second kappa shape index (κ2) is 11.4. The van der Waals surface area contributed by atoms with Crippen LogP contribution in [0, 0.1) is 10.1 Å². The van der Waals surface area contributed by atoms with Crippen LogP contribution in [0.1, 0.15) is 10.4 Å². The number of aromatic carboxylic acids is 1. The van der Waals surface area contributed by atoms with E-state index in [2.05, 4.69) is 10.6 Å². The van der Waals surface area contributed by atoms with Gasteiger partial charge in [-0.2, -0.15) is 8.42 Å². The minimum atomic E-state index is -4.11. The van der Waals surface area contributed by atoms with E-state index in [-0.39, 0.29) is 22.7 Å². The van der Waals surface area contributed by atoms with Crippen LogP contribution < -0.4 is 22.1 Å². The molecule has 9 N–H and O–H groups in total. The lowest BCUT2D eigenvalue weighted by molar-refractivity contribution is -0.384. The van der Waals surface area contributed by atoms with Crippen LogP contribution in [0.5, 0.6) is 0 Å². The molecule has 178 valence electrons. The number of rotatable bonds is 7. The third-order valence-electron chi connectivity index (χ3n) is 3.59. The Balaban J connectivity index is 0.000000412. The molecule has 2 aromatic carbocycles. The number of anilines is 2. The van der Waals surface area contributed by atoms with Crippen molar-refractivity contribution in [1.29, 1.82) is 0 Å². The Morgan fingerprint density at radius 2 is 1.76 bits per heavy atom. The quantitative estimate of drug-likeness (QED) is 0.121. The molecule has 0 spiro atoms. The van der Waals surface area contributed by atoms with Crippen molar-refractivity contribution < 1.29 is 42.5 Å². The Morgan fingerprint density at radius 3 is 2.21 bits per heavy atom. The van der Waals surface area contributed by atoms with Crippen LogP contribution in [-0.4, -0.2) is 58.7 Å². The van der Waals surface area contributed by atoms with E-state index in [1.54, 1.807) is 0 Å². The van der Waals surface area contributed by atoms with E-state index in [9.17, 15) is 32.9 Å². The molecule has 0 fully saturated rings. The normalized spacial score (nSPS) is 11.3. The first-order valence-corrected chi connectivity index (χ1v) is 10.0. The van der Waals surface area contributed by atoms with Gasteiger partial charge in [0.25, 0.3) is 15.8 Å². The Kier molecular flexibility index (Phi) is 9.22. The lowest BCUT2D eigenvalue weighted by Gasteiger charge is -2.10. The summed E-state index contributed by atoms with van der Waals surface area (Å²) in [5.41, 5.74) is 9.73. The number of nitrogen functional groups attached to an aromatic ring is 1. The fourth-order valence-corrected chi connectivity index (χ4v) is 2.59. The van der Waals surface area contributed by atoms with Crippen molar-refractivity contribution in [2.45, 2.75) is 10.9 Å². The third kappa shape index (κ3) is 9.17. The molecule has 2 amide bonds. The number of carboxylic acid groups (broad SMARTS) is 2. The number of aliphatic carboxylic acids is 1. The smallest absolute Gasteiger partial charge is 0.336 e. The number of nitrogens with one attached hydrogen (secondary N) is 2. The summed E-state index contributed by atoms with van der Waals surface area (Å²) in [6.45, 7) is -0.373. The lowest BCUT2D eigenvalue weighted by atomic mass is 10.2. The molecular weight excluding hydrogens is 466 g/mol. The predicted octanol–water partition coefficient (Wildman–Crippen LogP) is 0.342. The van der Waals surface area contributed by atoms with Gasteiger partial charge in [0.15, 0.2) is 0 Å². The highest BCUT2D eigenvalue weighted by atomic mass is 32.2. The van der Waals surface area contributed by atoms with Crippen LogP contribution in [0.2, 0.25) is 0 Å². The molecule has 0 unspecified atom stereocenters. The van der Waals surface area contributed by atoms with Gasteiger partial charge >= 0.3 is 18.0 Å². The number of urea groups is 1. The van der Waals surface area contributed by atoms with Gasteiger partial charge in [-0.25, -0.2) is 9.59 Å². The van der Waals surface area contributed by atoms with E-state index in [0.717, 1.165) is 18.2 Å². The standard InChI is InChI=1S/C11H12N4O7.C6H7NO3S/c12-8(10(18)19)4-13-11(20)14-6-1-5(9(16)17)2-7(3-6)15(21)22;7-5-2-1-3-6(4-5)11(8,9)10/h1-3,8H,4,12H2,(H,16,17)(H,18,19)(H2,13,14,20);1-4H,7H2,(H,8,9,10)/t8-;/m0./s1. The maximum absolute atomic E-state index is 11.5. The van der Waals surface area contributed by atoms with Crippen molar-refractivity contribution in [2.24, 2.45) is 5.73 Å². The molecular formula is C17H19N5O10S. The number of nitrogens with two attached hydrogens (primary N) is 2. The number of nitrogens with zero attached hydrogens (tertiary/aromatic N) is 1. The summed E-state index contributed by atoms with van der Waals surface area (Å²) in [6, 6.07) is 6.08. The molecule has 0 aliphatic heterocycles. The van der Waals surface area contributed by atoms with Crippen LogP contribution in [0.3, 0.4) is 0 Å². The van der Waals surface area contributed by atoms with E-state index < -0.39 is 44.7 Å². The molecule has 2 aromatic rings. The van der Waals surface area contributed by atoms with Crippen molar-refractivity contribution in [2.75, 3.05) is 17.6 Å². The van der Waals surface area contributed by atoms with Crippen molar-refractivity contribution in [3.8, 4) is 0 Å². The molecule has 0 saturated heterocycles. The van der Waals surface area contributed by atoms with Gasteiger partial charge < -0.3 is 32.3 Å². The molecule has 33 heavy (non-hydrogen) atoms. The number of benzene rings is 2. The highest BCUT2D eigenvalue weighted by Crippen LogP contribution is 2.21. The summed E-state index contributed by atoms with van der Waals surface area (Å²) < 4.78 is 29.5. The zero-order chi connectivity index (χ0) is 25.3. The number of hydrogen-bond acceptors (Lipinski definition) is 9. The Labute approximate surface area is 185 Å². The van der Waals surface area contributed by atoms with E-state index in [1.807, 2.05) is 0 Å². The summed E-state index contributed by atoms with van der Waals surface area (Å²) in [7, 11) is -4.11. The molecule has 0 aliphatic rings. The topological polar surface area (TPSA) is 265 Å². The number of hydrogen-bond donors (Lipinski definition) is 7. The molecule has 0 bridgehead atoms. The summed E-state index contributed by atoms with van der Waals surface area (Å²) >= 11 is 0. The van der Waals surface area contributed by atoms with Gasteiger partial charge in [-0.1, -0.05) is 6.07 Å². The van der Waals surface area contributed by atoms with Gasteiger partial charge in [-0.3, -0.25) is 19.5 Å². The number of nitro groups is 1. The second-order valence-electron chi connectivity index (χ2n) is 6.16. The number of amides is 2. The van der Waals surface area contributed by atoms with E-state index in [1.165, 1.54) is 24.3 Å². The van der Waals surface area contributed by atoms with Gasteiger partial charge in [0, 0.05) is 24.4 Å². The van der Waals surface area contributed by atoms with Gasteiger partial charge in [0.2, 0.25) is 0 Å². The second-order valence-corrected chi connectivity index (χ2v) is 7.58. The molecule has 0 heterocycles. The maximum atomic E-state index is 11.5. The Bertz CT molecular complexity index is 1140. The van der Waals surface area contributed by atoms with Crippen LogP contribution in [-0.2, 0) is 14.9 Å². The molecule has 1 atom stereocenters. The van der Waals surface area contributed by atoms with E-state index >= 15 is 0 Å². The van der Waals surface area contributed by atoms with Crippen LogP contribution in [0.15, 0.2) is 47.4 Å². The lowest BCUT2D eigenvalue weighted by Crippen LogP contribution is -2.43. The minimum absolute atomic E-state index is 0.131. The van der Waals surface area contributed by atoms with Gasteiger partial charge in [-0.15, -0.1) is 0 Å². The number of carbonyl (C=O) groups is 3. The van der Waals surface area contributed by atoms with E-state index in [0.29, 0.717) is 5.69 Å².